The van der Waals surface area contributed by atoms with Gasteiger partial charge in [0.1, 0.15) is 11.6 Å². The second kappa shape index (κ2) is 7.55. The number of ether oxygens (including phenoxy) is 1. The lowest BCUT2D eigenvalue weighted by Crippen LogP contribution is -2.42. The first-order chi connectivity index (χ1) is 8.67. The van der Waals surface area contributed by atoms with Crippen molar-refractivity contribution in [2.24, 2.45) is 0 Å². The quantitative estimate of drug-likeness (QED) is 0.620. The average molecular weight is 271 g/mol. The number of rotatable bonds is 5. The fourth-order valence-corrected chi connectivity index (χ4v) is 1.46. The maximum Gasteiger partial charge on any atom is 0.253 e. The lowest BCUT2D eigenvalue weighted by molar-refractivity contribution is -0.127. The van der Waals surface area contributed by atoms with Crippen LogP contribution in [0.15, 0.2) is 24.3 Å². The maximum absolute atomic E-state index is 11.4. The zero-order valence-electron chi connectivity index (χ0n) is 10.0. The van der Waals surface area contributed by atoms with Gasteiger partial charge in [0.05, 0.1) is 7.11 Å². The number of hydrazine groups is 1. The smallest absolute Gasteiger partial charge is 0.253 e. The molecule has 0 saturated carbocycles. The van der Waals surface area contributed by atoms with Gasteiger partial charge in [0.25, 0.3) is 5.91 Å². The van der Waals surface area contributed by atoms with Crippen LogP contribution >= 0.6 is 11.6 Å². The zero-order chi connectivity index (χ0) is 13.4. The molecule has 0 aliphatic carbocycles. The third-order valence-electron chi connectivity index (χ3n) is 2.28. The number of hydrogen-bond donors (Lipinski definition) is 2. The number of benzene rings is 1. The highest BCUT2D eigenvalue weighted by Gasteiger charge is 2.06. The van der Waals surface area contributed by atoms with Crippen molar-refractivity contribution in [1.29, 1.82) is 0 Å². The van der Waals surface area contributed by atoms with Gasteiger partial charge in [0.15, 0.2) is 0 Å². The van der Waals surface area contributed by atoms with Crippen LogP contribution in [0.1, 0.15) is 12.0 Å². The van der Waals surface area contributed by atoms with Crippen molar-refractivity contribution in [2.45, 2.75) is 12.8 Å². The number of aryl methyl sites for hydroxylation is 1. The van der Waals surface area contributed by atoms with Crippen LogP contribution in [0.25, 0.3) is 0 Å². The van der Waals surface area contributed by atoms with E-state index >= 15 is 0 Å². The molecule has 0 fully saturated rings. The molecule has 98 valence electrons. The van der Waals surface area contributed by atoms with E-state index in [0.717, 1.165) is 11.3 Å². The molecule has 1 aromatic rings. The highest BCUT2D eigenvalue weighted by atomic mass is 35.5. The summed E-state index contributed by atoms with van der Waals surface area (Å²) in [5, 5.41) is 0. The first-order valence-electron chi connectivity index (χ1n) is 5.43. The number of nitrogens with one attached hydrogen (secondary N) is 2. The molecule has 0 aliphatic heterocycles. The number of halogens is 1. The molecular weight excluding hydrogens is 256 g/mol. The number of carbonyl (C=O) groups is 2. The van der Waals surface area contributed by atoms with Crippen LogP contribution in [0.2, 0.25) is 0 Å². The molecule has 0 bridgehead atoms. The Labute approximate surface area is 110 Å². The van der Waals surface area contributed by atoms with Crippen LogP contribution in [-0.4, -0.2) is 24.8 Å². The first-order valence-corrected chi connectivity index (χ1v) is 5.96. The summed E-state index contributed by atoms with van der Waals surface area (Å²) in [6.07, 6.45) is 0.787. The fraction of sp³-hybridized carbons (Fsp3) is 0.333. The van der Waals surface area contributed by atoms with Crippen molar-refractivity contribution in [3.05, 3.63) is 29.8 Å². The molecule has 1 rings (SSSR count). The van der Waals surface area contributed by atoms with Gasteiger partial charge in [-0.25, -0.2) is 0 Å². The summed E-state index contributed by atoms with van der Waals surface area (Å²) in [6, 6.07) is 7.47. The van der Waals surface area contributed by atoms with Crippen LogP contribution in [0, 0.1) is 0 Å². The minimum Gasteiger partial charge on any atom is -0.496 e. The van der Waals surface area contributed by atoms with E-state index in [2.05, 4.69) is 10.9 Å². The molecule has 0 spiro atoms. The second-order valence-corrected chi connectivity index (χ2v) is 3.81. The summed E-state index contributed by atoms with van der Waals surface area (Å²) in [5.74, 6) is -0.163. The van der Waals surface area contributed by atoms with E-state index in [1.807, 2.05) is 24.3 Å². The molecule has 1 aromatic carbocycles. The van der Waals surface area contributed by atoms with Crippen LogP contribution in [0.4, 0.5) is 0 Å². The van der Waals surface area contributed by atoms with E-state index < -0.39 is 5.91 Å². The molecule has 0 unspecified atom stereocenters. The molecule has 0 saturated heterocycles. The molecular formula is C12H15ClN2O3. The number of alkyl halides is 1. The van der Waals surface area contributed by atoms with Gasteiger partial charge in [-0.3, -0.25) is 20.4 Å². The number of methoxy groups -OCH3 is 1. The van der Waals surface area contributed by atoms with E-state index in [-0.39, 0.29) is 18.2 Å². The summed E-state index contributed by atoms with van der Waals surface area (Å²) in [7, 11) is 1.58. The van der Waals surface area contributed by atoms with E-state index in [4.69, 9.17) is 16.3 Å². The van der Waals surface area contributed by atoms with E-state index in [9.17, 15) is 9.59 Å². The Balaban J connectivity index is 2.40. The SMILES string of the molecule is COc1ccccc1CCC(=O)NNC(=O)CCl. The predicted octanol–water partition coefficient (Wildman–Crippen LogP) is 1.01. The molecule has 0 atom stereocenters. The average Bonchev–Trinajstić information content (AvgIpc) is 2.42. The van der Waals surface area contributed by atoms with Gasteiger partial charge < -0.3 is 4.74 Å². The van der Waals surface area contributed by atoms with Gasteiger partial charge in [-0.05, 0) is 18.1 Å². The molecule has 0 radical (unpaired) electrons. The summed E-state index contributed by atoms with van der Waals surface area (Å²) in [4.78, 5) is 22.2. The van der Waals surface area contributed by atoms with Crippen molar-refractivity contribution in [2.75, 3.05) is 13.0 Å². The standard InChI is InChI=1S/C12H15ClN2O3/c1-18-10-5-3-2-4-9(10)6-7-11(16)14-15-12(17)8-13/h2-5H,6-8H2,1H3,(H,14,16)(H,15,17). The van der Waals surface area contributed by atoms with Crippen LogP contribution in [-0.2, 0) is 16.0 Å². The molecule has 5 nitrogen and oxygen atoms in total. The number of carbonyl (C=O) groups excluding carboxylic acids is 2. The lowest BCUT2D eigenvalue weighted by atomic mass is 10.1. The normalized spacial score (nSPS) is 9.67. The predicted molar refractivity (Wildman–Crippen MR) is 68.3 cm³/mol. The van der Waals surface area contributed by atoms with Crippen molar-refractivity contribution >= 4 is 23.4 Å². The van der Waals surface area contributed by atoms with Gasteiger partial charge >= 0.3 is 0 Å². The Morgan fingerprint density at radius 2 is 1.89 bits per heavy atom. The first kappa shape index (κ1) is 14.3. The maximum atomic E-state index is 11.4. The Morgan fingerprint density at radius 3 is 2.56 bits per heavy atom. The molecule has 2 N–H and O–H groups in total. The summed E-state index contributed by atoms with van der Waals surface area (Å²) < 4.78 is 5.17. The van der Waals surface area contributed by atoms with Gasteiger partial charge in [0, 0.05) is 6.42 Å². The summed E-state index contributed by atoms with van der Waals surface area (Å²) >= 11 is 5.27. The topological polar surface area (TPSA) is 67.4 Å². The van der Waals surface area contributed by atoms with Crippen molar-refractivity contribution in [3.8, 4) is 5.75 Å². The molecule has 0 heterocycles. The lowest BCUT2D eigenvalue weighted by Gasteiger charge is -2.08. The molecule has 0 aliphatic rings. The Morgan fingerprint density at radius 1 is 1.22 bits per heavy atom. The van der Waals surface area contributed by atoms with E-state index in [1.165, 1.54) is 0 Å². The molecule has 18 heavy (non-hydrogen) atoms. The highest BCUT2D eigenvalue weighted by Crippen LogP contribution is 2.18. The van der Waals surface area contributed by atoms with Crippen LogP contribution in [0.3, 0.4) is 0 Å². The van der Waals surface area contributed by atoms with Crippen LogP contribution < -0.4 is 15.6 Å². The zero-order valence-corrected chi connectivity index (χ0v) is 10.8. The van der Waals surface area contributed by atoms with Crippen molar-refractivity contribution in [1.82, 2.24) is 10.9 Å². The fourth-order valence-electron chi connectivity index (χ4n) is 1.39. The third-order valence-corrected chi connectivity index (χ3v) is 2.52. The largest absolute Gasteiger partial charge is 0.496 e. The number of hydrogen-bond acceptors (Lipinski definition) is 3. The minimum absolute atomic E-state index is 0.188. The second-order valence-electron chi connectivity index (χ2n) is 3.54. The van der Waals surface area contributed by atoms with Gasteiger partial charge in [-0.2, -0.15) is 0 Å². The van der Waals surface area contributed by atoms with Gasteiger partial charge in [-0.1, -0.05) is 18.2 Å². The van der Waals surface area contributed by atoms with E-state index in [1.54, 1.807) is 7.11 Å². The van der Waals surface area contributed by atoms with Crippen LogP contribution in [0.5, 0.6) is 5.75 Å². The molecule has 2 amide bonds. The minimum atomic E-state index is -0.442. The van der Waals surface area contributed by atoms with Crippen molar-refractivity contribution in [3.63, 3.8) is 0 Å². The van der Waals surface area contributed by atoms with Gasteiger partial charge in [0.2, 0.25) is 5.91 Å². The van der Waals surface area contributed by atoms with Crippen molar-refractivity contribution < 1.29 is 14.3 Å². The summed E-state index contributed by atoms with van der Waals surface area (Å²) in [5.41, 5.74) is 5.42. The molecule has 6 heteroatoms. The Hall–Kier alpha value is -1.75. The monoisotopic (exact) mass is 270 g/mol. The van der Waals surface area contributed by atoms with E-state index in [0.29, 0.717) is 6.42 Å². The number of amides is 2. The van der Waals surface area contributed by atoms with Gasteiger partial charge in [-0.15, -0.1) is 11.6 Å². The number of para-hydroxylation sites is 1. The third kappa shape index (κ3) is 4.63. The highest BCUT2D eigenvalue weighted by molar-refractivity contribution is 6.27. The molecule has 0 aromatic heterocycles. The summed E-state index contributed by atoms with van der Waals surface area (Å²) in [6.45, 7) is 0. The Kier molecular flexibility index (Phi) is 6.00. The Bertz CT molecular complexity index is 424.